The highest BCUT2D eigenvalue weighted by Gasteiger charge is 2.19. The molecule has 0 saturated heterocycles. The van der Waals surface area contributed by atoms with Gasteiger partial charge < -0.3 is 4.74 Å². The lowest BCUT2D eigenvalue weighted by Gasteiger charge is -2.20. The number of rotatable bonds is 3. The maximum atomic E-state index is 11.5. The Kier molecular flexibility index (Phi) is 4.07. The Labute approximate surface area is 101 Å². The lowest BCUT2D eigenvalue weighted by atomic mass is 9.87. The first kappa shape index (κ1) is 12.0. The van der Waals surface area contributed by atoms with E-state index in [1.54, 1.807) is 13.1 Å². The van der Waals surface area contributed by atoms with Crippen LogP contribution in [0.4, 0.5) is 0 Å². The summed E-state index contributed by atoms with van der Waals surface area (Å²) in [5, 5.41) is 0. The Balaban J connectivity index is 2.12. The molecule has 0 radical (unpaired) electrons. The van der Waals surface area contributed by atoms with Gasteiger partial charge in [-0.1, -0.05) is 19.3 Å². The fourth-order valence-corrected chi connectivity index (χ4v) is 2.29. The average Bonchev–Trinajstić information content (AvgIpc) is 2.40. The van der Waals surface area contributed by atoms with Crippen LogP contribution >= 0.6 is 0 Å². The van der Waals surface area contributed by atoms with E-state index in [1.165, 1.54) is 32.1 Å². The normalized spacial score (nSPS) is 16.8. The monoisotopic (exact) mass is 234 g/mol. The van der Waals surface area contributed by atoms with Crippen molar-refractivity contribution in [2.24, 2.45) is 0 Å². The third-order valence-corrected chi connectivity index (χ3v) is 3.16. The van der Waals surface area contributed by atoms with E-state index in [2.05, 4.69) is 9.97 Å². The Morgan fingerprint density at radius 3 is 2.88 bits per heavy atom. The van der Waals surface area contributed by atoms with Gasteiger partial charge in [0.15, 0.2) is 0 Å². The van der Waals surface area contributed by atoms with Crippen molar-refractivity contribution in [1.82, 2.24) is 9.97 Å². The molecule has 2 rings (SSSR count). The summed E-state index contributed by atoms with van der Waals surface area (Å²) in [5.74, 6) is 0.250. The molecule has 1 aromatic rings. The van der Waals surface area contributed by atoms with Crippen molar-refractivity contribution in [3.05, 3.63) is 23.8 Å². The van der Waals surface area contributed by atoms with Gasteiger partial charge in [0.2, 0.25) is 5.82 Å². The summed E-state index contributed by atoms with van der Waals surface area (Å²) in [7, 11) is 0. The maximum Gasteiger partial charge on any atom is 0.376 e. The second kappa shape index (κ2) is 5.75. The molecule has 0 amide bonds. The maximum absolute atomic E-state index is 11.5. The predicted octanol–water partition coefficient (Wildman–Crippen LogP) is 2.70. The molecular formula is C13H18N2O2. The molecule has 4 heteroatoms. The van der Waals surface area contributed by atoms with Gasteiger partial charge in [0, 0.05) is 17.8 Å². The van der Waals surface area contributed by atoms with Gasteiger partial charge in [-0.25, -0.2) is 14.8 Å². The predicted molar refractivity (Wildman–Crippen MR) is 63.8 cm³/mol. The summed E-state index contributed by atoms with van der Waals surface area (Å²) >= 11 is 0. The Hall–Kier alpha value is -1.45. The summed E-state index contributed by atoms with van der Waals surface area (Å²) < 4.78 is 4.91. The molecule has 92 valence electrons. The molecule has 0 bridgehead atoms. The van der Waals surface area contributed by atoms with E-state index >= 15 is 0 Å². The number of carbonyl (C=O) groups excluding carboxylic acids is 1. The fraction of sp³-hybridized carbons (Fsp3) is 0.615. The van der Waals surface area contributed by atoms with Crippen LogP contribution in [0.25, 0.3) is 0 Å². The molecule has 1 heterocycles. The molecule has 0 N–H and O–H groups in total. The second-order valence-corrected chi connectivity index (χ2v) is 4.36. The van der Waals surface area contributed by atoms with E-state index in [0.717, 1.165) is 5.69 Å². The Bertz CT molecular complexity index is 387. The average molecular weight is 234 g/mol. The number of ether oxygens (including phenoxy) is 1. The van der Waals surface area contributed by atoms with Crippen molar-refractivity contribution in [3.8, 4) is 0 Å². The Morgan fingerprint density at radius 1 is 1.41 bits per heavy atom. The number of hydrogen-bond acceptors (Lipinski definition) is 4. The SMILES string of the molecule is CCOC(=O)c1nccc(C2CCCCC2)n1. The van der Waals surface area contributed by atoms with Crippen molar-refractivity contribution in [3.63, 3.8) is 0 Å². The highest BCUT2D eigenvalue weighted by molar-refractivity contribution is 5.85. The zero-order valence-corrected chi connectivity index (χ0v) is 10.2. The number of aromatic nitrogens is 2. The van der Waals surface area contributed by atoms with Crippen LogP contribution in [0.2, 0.25) is 0 Å². The van der Waals surface area contributed by atoms with Crippen molar-refractivity contribution >= 4 is 5.97 Å². The molecule has 0 unspecified atom stereocenters. The van der Waals surface area contributed by atoms with Crippen LogP contribution < -0.4 is 0 Å². The van der Waals surface area contributed by atoms with E-state index < -0.39 is 5.97 Å². The van der Waals surface area contributed by atoms with Gasteiger partial charge in [-0.15, -0.1) is 0 Å². The van der Waals surface area contributed by atoms with Crippen molar-refractivity contribution in [2.45, 2.75) is 44.9 Å². The highest BCUT2D eigenvalue weighted by Crippen LogP contribution is 2.31. The van der Waals surface area contributed by atoms with Gasteiger partial charge in [-0.2, -0.15) is 0 Å². The zero-order valence-electron chi connectivity index (χ0n) is 10.2. The summed E-state index contributed by atoms with van der Waals surface area (Å²) in [5.41, 5.74) is 0.989. The Morgan fingerprint density at radius 2 is 2.18 bits per heavy atom. The van der Waals surface area contributed by atoms with Gasteiger partial charge in [0.05, 0.1) is 6.61 Å². The molecule has 0 spiro atoms. The van der Waals surface area contributed by atoms with Gasteiger partial charge in [-0.05, 0) is 25.8 Å². The summed E-state index contributed by atoms with van der Waals surface area (Å²) in [4.78, 5) is 19.8. The van der Waals surface area contributed by atoms with Crippen molar-refractivity contribution in [2.75, 3.05) is 6.61 Å². The smallest absolute Gasteiger partial charge is 0.376 e. The first-order chi connectivity index (χ1) is 8.31. The third kappa shape index (κ3) is 3.02. The molecule has 1 aliphatic carbocycles. The van der Waals surface area contributed by atoms with Crippen molar-refractivity contribution in [1.29, 1.82) is 0 Å². The van der Waals surface area contributed by atoms with Crippen LogP contribution in [0.15, 0.2) is 12.3 Å². The molecule has 17 heavy (non-hydrogen) atoms. The molecule has 1 saturated carbocycles. The molecule has 1 aliphatic rings. The van der Waals surface area contributed by atoms with E-state index in [-0.39, 0.29) is 5.82 Å². The first-order valence-corrected chi connectivity index (χ1v) is 6.31. The molecule has 1 aromatic heterocycles. The fourth-order valence-electron chi connectivity index (χ4n) is 2.29. The van der Waals surface area contributed by atoms with E-state index in [0.29, 0.717) is 12.5 Å². The van der Waals surface area contributed by atoms with E-state index in [1.807, 2.05) is 6.07 Å². The number of hydrogen-bond donors (Lipinski definition) is 0. The van der Waals surface area contributed by atoms with Crippen LogP contribution in [0.3, 0.4) is 0 Å². The minimum Gasteiger partial charge on any atom is -0.460 e. The van der Waals surface area contributed by atoms with Crippen LogP contribution in [-0.2, 0) is 4.74 Å². The zero-order chi connectivity index (χ0) is 12.1. The van der Waals surface area contributed by atoms with Gasteiger partial charge in [-0.3, -0.25) is 0 Å². The standard InChI is InChI=1S/C13H18N2O2/c1-2-17-13(16)12-14-9-8-11(15-12)10-6-4-3-5-7-10/h8-10H,2-7H2,1H3. The molecular weight excluding hydrogens is 216 g/mol. The molecule has 0 aliphatic heterocycles. The molecule has 0 aromatic carbocycles. The lowest BCUT2D eigenvalue weighted by Crippen LogP contribution is -2.13. The van der Waals surface area contributed by atoms with Crippen LogP contribution in [-0.4, -0.2) is 22.5 Å². The quantitative estimate of drug-likeness (QED) is 0.754. The largest absolute Gasteiger partial charge is 0.460 e. The number of esters is 1. The van der Waals surface area contributed by atoms with Crippen LogP contribution in [0, 0.1) is 0 Å². The molecule has 0 atom stereocenters. The molecule has 4 nitrogen and oxygen atoms in total. The van der Waals surface area contributed by atoms with E-state index in [4.69, 9.17) is 4.74 Å². The minimum atomic E-state index is -0.426. The lowest BCUT2D eigenvalue weighted by molar-refractivity contribution is 0.0511. The van der Waals surface area contributed by atoms with Crippen LogP contribution in [0.1, 0.15) is 61.3 Å². The summed E-state index contributed by atoms with van der Waals surface area (Å²) in [6.07, 6.45) is 7.81. The summed E-state index contributed by atoms with van der Waals surface area (Å²) in [6, 6.07) is 1.92. The van der Waals surface area contributed by atoms with Crippen LogP contribution in [0.5, 0.6) is 0 Å². The second-order valence-electron chi connectivity index (χ2n) is 4.36. The minimum absolute atomic E-state index is 0.190. The summed E-state index contributed by atoms with van der Waals surface area (Å²) in [6.45, 7) is 2.14. The third-order valence-electron chi connectivity index (χ3n) is 3.16. The van der Waals surface area contributed by atoms with Crippen molar-refractivity contribution < 1.29 is 9.53 Å². The highest BCUT2D eigenvalue weighted by atomic mass is 16.5. The first-order valence-electron chi connectivity index (χ1n) is 6.31. The van der Waals surface area contributed by atoms with Gasteiger partial charge in [0.1, 0.15) is 0 Å². The van der Waals surface area contributed by atoms with Gasteiger partial charge in [0.25, 0.3) is 0 Å². The molecule has 1 fully saturated rings. The van der Waals surface area contributed by atoms with Gasteiger partial charge >= 0.3 is 5.97 Å². The number of nitrogens with zero attached hydrogens (tertiary/aromatic N) is 2. The number of carbonyl (C=O) groups is 1. The van der Waals surface area contributed by atoms with E-state index in [9.17, 15) is 4.79 Å². The topological polar surface area (TPSA) is 52.1 Å².